The van der Waals surface area contributed by atoms with Gasteiger partial charge in [-0.3, -0.25) is 4.90 Å². The van der Waals surface area contributed by atoms with E-state index in [-0.39, 0.29) is 12.1 Å². The highest BCUT2D eigenvalue weighted by Crippen LogP contribution is 2.38. The molecule has 3 heterocycles. The minimum Gasteiger partial charge on any atom is -0.334 e. The van der Waals surface area contributed by atoms with Gasteiger partial charge in [-0.2, -0.15) is 4.98 Å². The van der Waals surface area contributed by atoms with Crippen molar-refractivity contribution in [3.63, 3.8) is 0 Å². The molecule has 2 aromatic carbocycles. The van der Waals surface area contributed by atoms with Crippen LogP contribution in [0.5, 0.6) is 0 Å². The number of benzene rings is 2. The van der Waals surface area contributed by atoms with Crippen LogP contribution in [0.3, 0.4) is 0 Å². The lowest BCUT2D eigenvalue weighted by atomic mass is 9.94. The molecule has 2 aromatic heterocycles. The van der Waals surface area contributed by atoms with Crippen molar-refractivity contribution in [1.82, 2.24) is 20.4 Å². The first-order chi connectivity index (χ1) is 16.5. The molecule has 34 heavy (non-hydrogen) atoms. The molecule has 1 aliphatic heterocycles. The average molecular weight is 489 g/mol. The molecule has 2 amide bonds. The van der Waals surface area contributed by atoms with Crippen LogP contribution >= 0.6 is 23.1 Å². The SMILES string of the molecule is CSc1ccc(-c2noc(C3=C(C)N(Cc4cccs4)C(=O)NC3c3ccc(C)cc3)n2)cc1. The van der Waals surface area contributed by atoms with Crippen molar-refractivity contribution < 1.29 is 9.32 Å². The predicted octanol–water partition coefficient (Wildman–Crippen LogP) is 6.53. The number of thioether (sulfide) groups is 1. The maximum Gasteiger partial charge on any atom is 0.322 e. The zero-order chi connectivity index (χ0) is 23.7. The van der Waals surface area contributed by atoms with Gasteiger partial charge in [-0.25, -0.2) is 4.79 Å². The molecule has 1 atom stereocenters. The summed E-state index contributed by atoms with van der Waals surface area (Å²) >= 11 is 3.31. The Kier molecular flexibility index (Phi) is 6.26. The molecule has 1 N–H and O–H groups in total. The molecule has 0 saturated heterocycles. The van der Waals surface area contributed by atoms with Crippen molar-refractivity contribution in [3.8, 4) is 11.4 Å². The topological polar surface area (TPSA) is 71.3 Å². The molecule has 0 saturated carbocycles. The number of nitrogens with one attached hydrogen (secondary N) is 1. The molecular formula is C26H24N4O2S2. The van der Waals surface area contributed by atoms with E-state index in [2.05, 4.69) is 10.5 Å². The van der Waals surface area contributed by atoms with E-state index in [9.17, 15) is 4.79 Å². The Morgan fingerprint density at radius 3 is 2.53 bits per heavy atom. The number of amides is 2. The molecule has 0 fully saturated rings. The van der Waals surface area contributed by atoms with Crippen LogP contribution in [-0.4, -0.2) is 27.3 Å². The number of aromatic nitrogens is 2. The van der Waals surface area contributed by atoms with Crippen LogP contribution in [0.15, 0.2) is 81.2 Å². The van der Waals surface area contributed by atoms with Gasteiger partial charge in [0, 0.05) is 21.0 Å². The van der Waals surface area contributed by atoms with Gasteiger partial charge in [0.2, 0.25) is 5.82 Å². The van der Waals surface area contributed by atoms with Crippen molar-refractivity contribution in [3.05, 3.63) is 93.6 Å². The lowest BCUT2D eigenvalue weighted by Crippen LogP contribution is -2.45. The number of urea groups is 1. The van der Waals surface area contributed by atoms with E-state index in [1.807, 2.05) is 86.1 Å². The molecule has 1 aliphatic rings. The number of hydrogen-bond acceptors (Lipinski definition) is 6. The smallest absolute Gasteiger partial charge is 0.322 e. The second-order valence-corrected chi connectivity index (χ2v) is 10.0. The first kappa shape index (κ1) is 22.4. The highest BCUT2D eigenvalue weighted by atomic mass is 32.2. The fourth-order valence-electron chi connectivity index (χ4n) is 4.01. The lowest BCUT2D eigenvalue weighted by Gasteiger charge is -2.35. The monoisotopic (exact) mass is 488 g/mol. The third kappa shape index (κ3) is 4.38. The fraction of sp³-hybridized carbons (Fsp3) is 0.192. The highest BCUT2D eigenvalue weighted by Gasteiger charge is 2.35. The summed E-state index contributed by atoms with van der Waals surface area (Å²) in [6, 6.07) is 19.7. The maximum atomic E-state index is 13.2. The van der Waals surface area contributed by atoms with Crippen LogP contribution in [-0.2, 0) is 6.54 Å². The fourth-order valence-corrected chi connectivity index (χ4v) is 5.11. The second kappa shape index (κ2) is 9.48. The van der Waals surface area contributed by atoms with Gasteiger partial charge in [-0.1, -0.05) is 41.1 Å². The van der Waals surface area contributed by atoms with Crippen molar-refractivity contribution in [1.29, 1.82) is 0 Å². The summed E-state index contributed by atoms with van der Waals surface area (Å²) < 4.78 is 5.78. The van der Waals surface area contributed by atoms with Crippen LogP contribution in [0.2, 0.25) is 0 Å². The number of carbonyl (C=O) groups is 1. The zero-order valence-electron chi connectivity index (χ0n) is 19.1. The summed E-state index contributed by atoms with van der Waals surface area (Å²) in [5.74, 6) is 0.926. The standard InChI is InChI=1S/C26H24N4O2S2/c1-16-6-8-18(9-7-16)23-22(17(2)30(26(31)27-23)15-21-5-4-14-34-21)25-28-24(29-32-25)19-10-12-20(33-3)13-11-19/h4-14,23H,15H2,1-3H3,(H,27,31). The third-order valence-electron chi connectivity index (χ3n) is 5.91. The van der Waals surface area contributed by atoms with Gasteiger partial charge in [0.25, 0.3) is 5.89 Å². The maximum absolute atomic E-state index is 13.2. The van der Waals surface area contributed by atoms with Crippen LogP contribution in [0.1, 0.15) is 34.9 Å². The second-order valence-electron chi connectivity index (χ2n) is 8.11. The van der Waals surface area contributed by atoms with Crippen molar-refractivity contribution >= 4 is 34.7 Å². The van der Waals surface area contributed by atoms with Gasteiger partial charge in [-0.15, -0.1) is 23.1 Å². The quantitative estimate of drug-likeness (QED) is 0.313. The van der Waals surface area contributed by atoms with Gasteiger partial charge in [0.15, 0.2) is 0 Å². The van der Waals surface area contributed by atoms with Crippen molar-refractivity contribution in [2.24, 2.45) is 0 Å². The molecule has 0 aliphatic carbocycles. The number of rotatable bonds is 6. The van der Waals surface area contributed by atoms with Crippen molar-refractivity contribution in [2.45, 2.75) is 31.3 Å². The Morgan fingerprint density at radius 1 is 1.09 bits per heavy atom. The van der Waals surface area contributed by atoms with Gasteiger partial charge in [-0.05, 0) is 61.4 Å². The van der Waals surface area contributed by atoms with Gasteiger partial charge >= 0.3 is 6.03 Å². The minimum atomic E-state index is -0.389. The van der Waals surface area contributed by atoms with E-state index < -0.39 is 0 Å². The first-order valence-corrected chi connectivity index (χ1v) is 13.0. The van der Waals surface area contributed by atoms with Gasteiger partial charge < -0.3 is 9.84 Å². The molecule has 0 radical (unpaired) electrons. The van der Waals surface area contributed by atoms with Crippen LogP contribution in [0, 0.1) is 6.92 Å². The van der Waals surface area contributed by atoms with Gasteiger partial charge in [0.05, 0.1) is 18.2 Å². The molecular weight excluding hydrogens is 464 g/mol. The molecule has 5 rings (SSSR count). The highest BCUT2D eigenvalue weighted by molar-refractivity contribution is 7.98. The molecule has 4 aromatic rings. The Hall–Kier alpha value is -3.36. The number of allylic oxidation sites excluding steroid dienone is 1. The Bertz CT molecular complexity index is 1330. The van der Waals surface area contributed by atoms with E-state index in [1.165, 1.54) is 4.90 Å². The van der Waals surface area contributed by atoms with Crippen LogP contribution in [0.25, 0.3) is 17.0 Å². The average Bonchev–Trinajstić information content (AvgIpc) is 3.54. The summed E-state index contributed by atoms with van der Waals surface area (Å²) in [4.78, 5) is 21.9. The van der Waals surface area contributed by atoms with E-state index in [0.717, 1.165) is 32.8 Å². The largest absolute Gasteiger partial charge is 0.334 e. The number of carbonyl (C=O) groups excluding carboxylic acids is 1. The number of thiophene rings is 1. The predicted molar refractivity (Wildman–Crippen MR) is 136 cm³/mol. The molecule has 8 heteroatoms. The van der Waals surface area contributed by atoms with Crippen LogP contribution in [0.4, 0.5) is 4.79 Å². The number of hydrogen-bond donors (Lipinski definition) is 1. The van der Waals surface area contributed by atoms with E-state index in [4.69, 9.17) is 9.51 Å². The molecule has 172 valence electrons. The normalized spacial score (nSPS) is 16.1. The molecule has 0 spiro atoms. The van der Waals surface area contributed by atoms with Crippen molar-refractivity contribution in [2.75, 3.05) is 6.26 Å². The summed E-state index contributed by atoms with van der Waals surface area (Å²) in [7, 11) is 0. The van der Waals surface area contributed by atoms with Crippen LogP contribution < -0.4 is 5.32 Å². The zero-order valence-corrected chi connectivity index (χ0v) is 20.7. The first-order valence-electron chi connectivity index (χ1n) is 10.9. The molecule has 6 nitrogen and oxygen atoms in total. The Labute approximate surface area is 206 Å². The van der Waals surface area contributed by atoms with Gasteiger partial charge in [0.1, 0.15) is 0 Å². The van der Waals surface area contributed by atoms with E-state index in [1.54, 1.807) is 28.0 Å². The molecule has 1 unspecified atom stereocenters. The van der Waals surface area contributed by atoms with E-state index >= 15 is 0 Å². The lowest BCUT2D eigenvalue weighted by molar-refractivity contribution is 0.203. The third-order valence-corrected chi connectivity index (χ3v) is 7.51. The summed E-state index contributed by atoms with van der Waals surface area (Å²) in [6.07, 6.45) is 2.04. The number of aryl methyl sites for hydroxylation is 1. The van der Waals surface area contributed by atoms with E-state index in [0.29, 0.717) is 18.3 Å². The summed E-state index contributed by atoms with van der Waals surface area (Å²) in [6.45, 7) is 4.47. The summed E-state index contributed by atoms with van der Waals surface area (Å²) in [5, 5.41) is 9.43. The Morgan fingerprint density at radius 2 is 1.85 bits per heavy atom. The summed E-state index contributed by atoms with van der Waals surface area (Å²) in [5.41, 5.74) is 4.61. The Balaban J connectivity index is 1.58. The minimum absolute atomic E-state index is 0.146. The molecule has 0 bridgehead atoms. The number of nitrogens with zero attached hydrogens (tertiary/aromatic N) is 3.